The van der Waals surface area contributed by atoms with E-state index in [1.54, 1.807) is 19.2 Å². The highest BCUT2D eigenvalue weighted by Gasteiger charge is 2.24. The van der Waals surface area contributed by atoms with Crippen molar-refractivity contribution in [3.63, 3.8) is 0 Å². The van der Waals surface area contributed by atoms with E-state index in [4.69, 9.17) is 0 Å². The Morgan fingerprint density at radius 1 is 1.40 bits per heavy atom. The summed E-state index contributed by atoms with van der Waals surface area (Å²) in [6, 6.07) is 1.75. The summed E-state index contributed by atoms with van der Waals surface area (Å²) in [5, 5.41) is 6.02. The molecule has 0 aromatic carbocycles. The highest BCUT2D eigenvalue weighted by molar-refractivity contribution is 5.85. The van der Waals surface area contributed by atoms with Gasteiger partial charge in [-0.1, -0.05) is 0 Å². The van der Waals surface area contributed by atoms with Crippen LogP contribution in [0.2, 0.25) is 0 Å². The Hall–Kier alpha value is -1.86. The fraction of sp³-hybridized carbons (Fsp3) is 0.588. The van der Waals surface area contributed by atoms with Crippen molar-refractivity contribution in [2.24, 2.45) is 5.92 Å². The third-order valence-corrected chi connectivity index (χ3v) is 4.94. The van der Waals surface area contributed by atoms with Crippen LogP contribution in [0.25, 0.3) is 5.65 Å². The molecule has 1 aliphatic heterocycles. The van der Waals surface area contributed by atoms with E-state index in [1.165, 1.54) is 4.52 Å². The number of aryl methyl sites for hydroxylation is 1. The summed E-state index contributed by atoms with van der Waals surface area (Å²) in [7, 11) is 1.97. The van der Waals surface area contributed by atoms with Crippen molar-refractivity contribution in [2.45, 2.75) is 32.6 Å². The molecule has 25 heavy (non-hydrogen) atoms. The van der Waals surface area contributed by atoms with E-state index < -0.39 is 0 Å². The second-order valence-electron chi connectivity index (χ2n) is 6.53. The number of nitrogens with zero attached hydrogens (tertiary/aromatic N) is 3. The molecule has 7 nitrogen and oxygen atoms in total. The number of nitrogens with one attached hydrogen (secondary N) is 2. The molecule has 2 aromatic rings. The van der Waals surface area contributed by atoms with Crippen LogP contribution in [-0.2, 0) is 11.2 Å². The lowest BCUT2D eigenvalue weighted by atomic mass is 9.93. The maximum Gasteiger partial charge on any atom is 0.276 e. The molecule has 138 valence electrons. The minimum Gasteiger partial charge on any atom is -0.342 e. The molecule has 0 saturated carbocycles. The monoisotopic (exact) mass is 367 g/mol. The minimum absolute atomic E-state index is 0. The number of rotatable bonds is 5. The summed E-state index contributed by atoms with van der Waals surface area (Å²) in [6.07, 6.45) is 5.04. The van der Waals surface area contributed by atoms with Crippen LogP contribution in [0.15, 0.2) is 17.1 Å². The summed E-state index contributed by atoms with van der Waals surface area (Å²) < 4.78 is 1.39. The Kier molecular flexibility index (Phi) is 6.61. The number of likely N-dealkylation sites (tertiary alicyclic amines) is 1. The maximum absolute atomic E-state index is 12.6. The molecule has 1 aliphatic rings. The average molecular weight is 368 g/mol. The van der Waals surface area contributed by atoms with E-state index in [0.717, 1.165) is 38.9 Å². The number of carbonyl (C=O) groups is 1. The standard InChI is InChI=1S/C17H25N5O2.ClH/c1-12-14(17(24)22-15(20-12)4-8-19-22)11-16(23)21-9-5-13(6-10-21)3-7-18-2;/h4,8,13,18-19H,3,5-7,9-11H2,1-2H3;1H. The van der Waals surface area contributed by atoms with E-state index in [2.05, 4.69) is 15.4 Å². The average Bonchev–Trinajstić information content (AvgIpc) is 3.05. The second-order valence-corrected chi connectivity index (χ2v) is 6.53. The largest absolute Gasteiger partial charge is 0.342 e. The first-order valence-electron chi connectivity index (χ1n) is 8.58. The molecule has 3 heterocycles. The predicted molar refractivity (Wildman–Crippen MR) is 99.3 cm³/mol. The molecule has 2 N–H and O–H groups in total. The van der Waals surface area contributed by atoms with Crippen LogP contribution in [0.4, 0.5) is 0 Å². The zero-order valence-corrected chi connectivity index (χ0v) is 15.6. The molecule has 0 radical (unpaired) electrons. The molecule has 3 rings (SSSR count). The molecule has 0 atom stereocenters. The molecule has 0 spiro atoms. The maximum atomic E-state index is 12.6. The summed E-state index contributed by atoms with van der Waals surface area (Å²) in [5.74, 6) is 0.710. The van der Waals surface area contributed by atoms with Gasteiger partial charge in [0.1, 0.15) is 0 Å². The molecule has 8 heteroatoms. The molecule has 1 fully saturated rings. The summed E-state index contributed by atoms with van der Waals surface area (Å²) in [5.41, 5.74) is 1.52. The Labute approximate surface area is 153 Å². The van der Waals surface area contributed by atoms with Gasteiger partial charge in [0.05, 0.1) is 6.42 Å². The Morgan fingerprint density at radius 2 is 2.12 bits per heavy atom. The smallest absolute Gasteiger partial charge is 0.276 e. The van der Waals surface area contributed by atoms with Crippen molar-refractivity contribution in [3.05, 3.63) is 33.9 Å². The third kappa shape index (κ3) is 4.22. The number of H-pyrrole nitrogens is 1. The first kappa shape index (κ1) is 19.5. The summed E-state index contributed by atoms with van der Waals surface area (Å²) in [4.78, 5) is 31.4. The number of halogens is 1. The number of aromatic nitrogens is 3. The Balaban J connectivity index is 0.00000225. The van der Waals surface area contributed by atoms with Crippen LogP contribution in [0, 0.1) is 12.8 Å². The van der Waals surface area contributed by atoms with Gasteiger partial charge in [0, 0.05) is 36.6 Å². The molecule has 1 saturated heterocycles. The van der Waals surface area contributed by atoms with Crippen molar-refractivity contribution in [1.82, 2.24) is 24.8 Å². The molecule has 2 aromatic heterocycles. The number of amides is 1. The van der Waals surface area contributed by atoms with Crippen LogP contribution < -0.4 is 10.9 Å². The molecular weight excluding hydrogens is 342 g/mol. The van der Waals surface area contributed by atoms with Crippen LogP contribution in [-0.4, -0.2) is 52.1 Å². The first-order valence-corrected chi connectivity index (χ1v) is 8.58. The molecule has 0 bridgehead atoms. The van der Waals surface area contributed by atoms with Gasteiger partial charge in [-0.25, -0.2) is 9.50 Å². The van der Waals surface area contributed by atoms with Gasteiger partial charge in [0.25, 0.3) is 5.56 Å². The van der Waals surface area contributed by atoms with E-state index in [9.17, 15) is 9.59 Å². The Morgan fingerprint density at radius 3 is 2.80 bits per heavy atom. The number of hydrogen-bond acceptors (Lipinski definition) is 4. The van der Waals surface area contributed by atoms with Gasteiger partial charge in [-0.2, -0.15) is 0 Å². The van der Waals surface area contributed by atoms with E-state index in [-0.39, 0.29) is 30.3 Å². The second kappa shape index (κ2) is 8.49. The predicted octanol–water partition coefficient (Wildman–Crippen LogP) is 1.14. The van der Waals surface area contributed by atoms with Crippen molar-refractivity contribution >= 4 is 24.0 Å². The zero-order chi connectivity index (χ0) is 17.1. The minimum atomic E-state index is -0.181. The van der Waals surface area contributed by atoms with E-state index in [1.807, 2.05) is 11.9 Å². The summed E-state index contributed by atoms with van der Waals surface area (Å²) >= 11 is 0. The van der Waals surface area contributed by atoms with Crippen LogP contribution in [0.1, 0.15) is 30.5 Å². The molecule has 0 aliphatic carbocycles. The van der Waals surface area contributed by atoms with Gasteiger partial charge in [-0.15, -0.1) is 12.4 Å². The van der Waals surface area contributed by atoms with Gasteiger partial charge < -0.3 is 10.2 Å². The topological polar surface area (TPSA) is 82.5 Å². The van der Waals surface area contributed by atoms with E-state index >= 15 is 0 Å². The van der Waals surface area contributed by atoms with Gasteiger partial charge in [-0.3, -0.25) is 14.7 Å². The van der Waals surface area contributed by atoms with Gasteiger partial charge in [-0.05, 0) is 45.7 Å². The van der Waals surface area contributed by atoms with Gasteiger partial charge in [0.15, 0.2) is 5.65 Å². The van der Waals surface area contributed by atoms with Crippen molar-refractivity contribution in [1.29, 1.82) is 0 Å². The number of piperidine rings is 1. The fourth-order valence-electron chi connectivity index (χ4n) is 3.39. The first-order chi connectivity index (χ1) is 11.6. The summed E-state index contributed by atoms with van der Waals surface area (Å²) in [6.45, 7) is 4.38. The van der Waals surface area contributed by atoms with Gasteiger partial charge >= 0.3 is 0 Å². The van der Waals surface area contributed by atoms with Crippen LogP contribution in [0.5, 0.6) is 0 Å². The lowest BCUT2D eigenvalue weighted by molar-refractivity contribution is -0.131. The SMILES string of the molecule is CNCCC1CCN(C(=O)Cc2c(C)nc3cc[nH]n3c2=O)CC1.Cl. The normalized spacial score (nSPS) is 15.4. The molecular formula is C17H26ClN5O2. The molecule has 1 amide bonds. The van der Waals surface area contributed by atoms with Crippen molar-refractivity contribution in [2.75, 3.05) is 26.7 Å². The quantitative estimate of drug-likeness (QED) is 0.830. The highest BCUT2D eigenvalue weighted by Crippen LogP contribution is 2.20. The van der Waals surface area contributed by atoms with Crippen LogP contribution in [0.3, 0.4) is 0 Å². The molecule has 0 unspecified atom stereocenters. The van der Waals surface area contributed by atoms with Crippen LogP contribution >= 0.6 is 12.4 Å². The number of aromatic amines is 1. The lowest BCUT2D eigenvalue weighted by Crippen LogP contribution is -2.40. The Bertz CT molecular complexity index is 777. The van der Waals surface area contributed by atoms with Crippen molar-refractivity contribution < 1.29 is 4.79 Å². The number of carbonyl (C=O) groups excluding carboxylic acids is 1. The lowest BCUT2D eigenvalue weighted by Gasteiger charge is -2.32. The number of hydrogen-bond donors (Lipinski definition) is 2. The highest BCUT2D eigenvalue weighted by atomic mass is 35.5. The fourth-order valence-corrected chi connectivity index (χ4v) is 3.39. The van der Waals surface area contributed by atoms with E-state index in [0.29, 0.717) is 22.8 Å². The zero-order valence-electron chi connectivity index (χ0n) is 14.7. The van der Waals surface area contributed by atoms with Gasteiger partial charge in [0.2, 0.25) is 5.91 Å². The number of fused-ring (bicyclic) bond motifs is 1. The third-order valence-electron chi connectivity index (χ3n) is 4.94. The van der Waals surface area contributed by atoms with Crippen molar-refractivity contribution in [3.8, 4) is 0 Å².